The van der Waals surface area contributed by atoms with Crippen molar-refractivity contribution in [3.8, 4) is 34.5 Å². The average molecular weight is 614 g/mol. The van der Waals surface area contributed by atoms with Crippen LogP contribution in [0.2, 0.25) is 0 Å². The average Bonchev–Trinajstić information content (AvgIpc) is 3.15. The number of benzene rings is 2. The number of ether oxygens (including phenoxy) is 8. The highest BCUT2D eigenvalue weighted by atomic mass is 16.6. The van der Waals surface area contributed by atoms with Crippen molar-refractivity contribution in [3.05, 3.63) is 47.5 Å². The number of esters is 2. The lowest BCUT2D eigenvalue weighted by molar-refractivity contribution is -0.151. The zero-order valence-electron chi connectivity index (χ0n) is 25.9. The molecule has 12 nitrogen and oxygen atoms in total. The molecule has 0 amide bonds. The first-order chi connectivity index (χ1) is 21.2. The van der Waals surface area contributed by atoms with Crippen LogP contribution < -0.4 is 28.4 Å². The molecule has 2 aliphatic rings. The largest absolute Gasteiger partial charge is 0.493 e. The number of hydrogen-bond donors (Lipinski definition) is 1. The van der Waals surface area contributed by atoms with Crippen molar-refractivity contribution in [3.63, 3.8) is 0 Å². The van der Waals surface area contributed by atoms with Crippen LogP contribution in [0.25, 0.3) is 12.2 Å². The molecule has 1 N–H and O–H groups in total. The number of nitrogens with zero attached hydrogens (tertiary/aromatic N) is 1. The minimum atomic E-state index is -0.943. The van der Waals surface area contributed by atoms with Gasteiger partial charge in [0.2, 0.25) is 11.5 Å². The Morgan fingerprint density at radius 2 is 1.09 bits per heavy atom. The second-order valence-electron chi connectivity index (χ2n) is 10.3. The zero-order valence-corrected chi connectivity index (χ0v) is 25.9. The molecule has 2 bridgehead atoms. The van der Waals surface area contributed by atoms with Gasteiger partial charge in [-0.2, -0.15) is 0 Å². The van der Waals surface area contributed by atoms with E-state index in [2.05, 4.69) is 0 Å². The van der Waals surface area contributed by atoms with Crippen LogP contribution in [0.4, 0.5) is 0 Å². The third-order valence-electron chi connectivity index (χ3n) is 7.90. The minimum Gasteiger partial charge on any atom is -0.493 e. The summed E-state index contributed by atoms with van der Waals surface area (Å²) < 4.78 is 43.6. The number of aliphatic hydroxyl groups excluding tert-OH is 1. The summed E-state index contributed by atoms with van der Waals surface area (Å²) in [5, 5.41) is 11.0. The Morgan fingerprint density at radius 1 is 0.682 bits per heavy atom. The van der Waals surface area contributed by atoms with E-state index in [1.54, 1.807) is 36.4 Å². The van der Waals surface area contributed by atoms with Gasteiger partial charge in [0.25, 0.3) is 0 Å². The molecule has 2 heterocycles. The van der Waals surface area contributed by atoms with E-state index in [9.17, 15) is 14.7 Å². The van der Waals surface area contributed by atoms with Crippen LogP contribution in [0.5, 0.6) is 34.5 Å². The van der Waals surface area contributed by atoms with Crippen molar-refractivity contribution in [2.45, 2.75) is 43.2 Å². The molecule has 12 heteroatoms. The molecule has 2 aromatic carbocycles. The third kappa shape index (κ3) is 6.87. The highest BCUT2D eigenvalue weighted by molar-refractivity contribution is 5.88. The molecule has 4 rings (SSSR count). The lowest BCUT2D eigenvalue weighted by atomic mass is 10.00. The van der Waals surface area contributed by atoms with E-state index in [4.69, 9.17) is 37.9 Å². The molecule has 0 aromatic heterocycles. The summed E-state index contributed by atoms with van der Waals surface area (Å²) >= 11 is 0. The van der Waals surface area contributed by atoms with Crippen LogP contribution in [0.3, 0.4) is 0 Å². The Hall–Kier alpha value is -4.42. The van der Waals surface area contributed by atoms with Gasteiger partial charge in [-0.05, 0) is 54.6 Å². The fraction of sp³-hybridized carbons (Fsp3) is 0.438. The standard InChI is InChI=1S/C32H39NO11/c1-33-21-16-20(43-27(34)10-8-18-12-23(37-2)31(41-6)24(13-18)38-3)17-22(33)30(29(21)36)44-28(35)11-9-19-14-25(39-4)32(42-7)26(15-19)40-5/h8-15,20-22,29-30,36H,16-17H2,1-7H3. The van der Waals surface area contributed by atoms with Gasteiger partial charge in [0.1, 0.15) is 18.3 Å². The molecule has 5 unspecified atom stereocenters. The molecule has 0 spiro atoms. The van der Waals surface area contributed by atoms with Crippen molar-refractivity contribution in [1.29, 1.82) is 0 Å². The van der Waals surface area contributed by atoms with E-state index in [0.29, 0.717) is 58.5 Å². The first-order valence-corrected chi connectivity index (χ1v) is 13.9. The van der Waals surface area contributed by atoms with Gasteiger partial charge in [0, 0.05) is 31.0 Å². The molecule has 2 fully saturated rings. The molecule has 2 saturated heterocycles. The van der Waals surface area contributed by atoms with Gasteiger partial charge in [-0.15, -0.1) is 0 Å². The summed E-state index contributed by atoms with van der Waals surface area (Å²) in [5.41, 5.74) is 1.28. The number of fused-ring (bicyclic) bond motifs is 2. The van der Waals surface area contributed by atoms with Gasteiger partial charge >= 0.3 is 11.9 Å². The Bertz CT molecular complexity index is 1350. The van der Waals surface area contributed by atoms with Gasteiger partial charge < -0.3 is 43.0 Å². The van der Waals surface area contributed by atoms with Crippen molar-refractivity contribution in [1.82, 2.24) is 4.90 Å². The van der Waals surface area contributed by atoms with Crippen molar-refractivity contribution < 1.29 is 52.6 Å². The molecule has 0 aliphatic carbocycles. The van der Waals surface area contributed by atoms with Gasteiger partial charge in [0.15, 0.2) is 23.0 Å². The summed E-state index contributed by atoms with van der Waals surface area (Å²) in [6, 6.07) is 6.15. The summed E-state index contributed by atoms with van der Waals surface area (Å²) in [7, 11) is 10.9. The van der Waals surface area contributed by atoms with Gasteiger partial charge in [-0.25, -0.2) is 9.59 Å². The molecule has 0 saturated carbocycles. The third-order valence-corrected chi connectivity index (χ3v) is 7.90. The maximum absolute atomic E-state index is 12.8. The lowest BCUT2D eigenvalue weighted by Crippen LogP contribution is -2.46. The highest BCUT2D eigenvalue weighted by Gasteiger charge is 2.53. The van der Waals surface area contributed by atoms with E-state index >= 15 is 0 Å². The van der Waals surface area contributed by atoms with Crippen LogP contribution in [0.1, 0.15) is 24.0 Å². The van der Waals surface area contributed by atoms with Gasteiger partial charge in [0.05, 0.1) is 48.7 Å². The smallest absolute Gasteiger partial charge is 0.331 e. The predicted molar refractivity (Wildman–Crippen MR) is 161 cm³/mol. The maximum Gasteiger partial charge on any atom is 0.331 e. The molecular formula is C32H39NO11. The summed E-state index contributed by atoms with van der Waals surface area (Å²) in [6.07, 6.45) is 4.35. The van der Waals surface area contributed by atoms with Crippen molar-refractivity contribution in [2.75, 3.05) is 49.7 Å². The number of carbonyl (C=O) groups excluding carboxylic acids is 2. The number of aliphatic hydroxyl groups is 1. The van der Waals surface area contributed by atoms with E-state index in [0.717, 1.165) is 0 Å². The normalized spacial score (nSPS) is 23.0. The van der Waals surface area contributed by atoms with Crippen molar-refractivity contribution >= 4 is 24.1 Å². The SMILES string of the molecule is COc1cc(C=CC(=O)OC2CC3C(O)C(OC(=O)C=Cc4cc(OC)c(OC)c(OC)c4)C(C2)N3C)cc(OC)c1OC. The van der Waals surface area contributed by atoms with E-state index < -0.39 is 30.3 Å². The van der Waals surface area contributed by atoms with Crippen LogP contribution >= 0.6 is 0 Å². The van der Waals surface area contributed by atoms with Crippen LogP contribution in [-0.4, -0.2) is 102 Å². The number of methoxy groups -OCH3 is 6. The number of piperidine rings is 1. The fourth-order valence-electron chi connectivity index (χ4n) is 5.75. The van der Waals surface area contributed by atoms with Crippen molar-refractivity contribution in [2.24, 2.45) is 0 Å². The minimum absolute atomic E-state index is 0.334. The Balaban J connectivity index is 1.39. The molecule has 0 radical (unpaired) electrons. The predicted octanol–water partition coefficient (Wildman–Crippen LogP) is 3.13. The molecule has 2 aliphatic heterocycles. The topological polar surface area (TPSA) is 131 Å². The number of carbonyl (C=O) groups is 2. The maximum atomic E-state index is 12.8. The molecule has 2 aromatic rings. The van der Waals surface area contributed by atoms with Gasteiger partial charge in [-0.3, -0.25) is 4.90 Å². The fourth-order valence-corrected chi connectivity index (χ4v) is 5.75. The first-order valence-electron chi connectivity index (χ1n) is 13.9. The Labute approximate surface area is 256 Å². The Kier molecular flexibility index (Phi) is 10.6. The highest BCUT2D eigenvalue weighted by Crippen LogP contribution is 2.40. The summed E-state index contributed by atoms with van der Waals surface area (Å²) in [5.74, 6) is 1.53. The van der Waals surface area contributed by atoms with E-state index in [1.165, 1.54) is 54.8 Å². The molecular weight excluding hydrogens is 574 g/mol. The van der Waals surface area contributed by atoms with Crippen LogP contribution in [0, 0.1) is 0 Å². The molecule has 5 atom stereocenters. The summed E-state index contributed by atoms with van der Waals surface area (Å²) in [4.78, 5) is 27.5. The van der Waals surface area contributed by atoms with Crippen LogP contribution in [-0.2, 0) is 19.1 Å². The lowest BCUT2D eigenvalue weighted by Gasteiger charge is -2.35. The quantitative estimate of drug-likeness (QED) is 0.279. The van der Waals surface area contributed by atoms with E-state index in [-0.39, 0.29) is 12.1 Å². The molecule has 238 valence electrons. The second-order valence-corrected chi connectivity index (χ2v) is 10.3. The number of likely N-dealkylation sites (N-methyl/N-ethyl adjacent to an activating group) is 1. The number of rotatable bonds is 12. The molecule has 44 heavy (non-hydrogen) atoms. The first kappa shape index (κ1) is 32.5. The van der Waals surface area contributed by atoms with E-state index in [1.807, 2.05) is 11.9 Å². The second kappa shape index (κ2) is 14.4. The van der Waals surface area contributed by atoms with Crippen LogP contribution in [0.15, 0.2) is 36.4 Å². The number of hydrogen-bond acceptors (Lipinski definition) is 12. The monoisotopic (exact) mass is 613 g/mol. The van der Waals surface area contributed by atoms with Gasteiger partial charge in [-0.1, -0.05) is 0 Å². The Morgan fingerprint density at radius 3 is 1.50 bits per heavy atom. The summed E-state index contributed by atoms with van der Waals surface area (Å²) in [6.45, 7) is 0. The zero-order chi connectivity index (χ0) is 32.0.